The van der Waals surface area contributed by atoms with Crippen molar-refractivity contribution < 1.29 is 36.7 Å². The number of alkyl carbamates (subject to hydrolysis) is 1. The molecule has 0 bridgehead atoms. The Balaban J connectivity index is 1.35. The van der Waals surface area contributed by atoms with Gasteiger partial charge in [0.25, 0.3) is 0 Å². The minimum Gasteiger partial charge on any atom is -0.493 e. The van der Waals surface area contributed by atoms with Crippen LogP contribution in [0, 0.1) is 6.92 Å². The summed E-state index contributed by atoms with van der Waals surface area (Å²) in [6.07, 6.45) is -2.68. The number of halogens is 3. The third kappa shape index (κ3) is 9.98. The topological polar surface area (TPSA) is 103 Å². The molecule has 3 aromatic carbocycles. The molecule has 2 N–H and O–H groups in total. The smallest absolute Gasteiger partial charge is 0.416 e. The molecule has 0 spiro atoms. The number of hydrogen-bond donors (Lipinski definition) is 2. The van der Waals surface area contributed by atoms with Gasteiger partial charge in [-0.05, 0) is 69.2 Å². The number of oxazole rings is 1. The van der Waals surface area contributed by atoms with Crippen LogP contribution in [0.1, 0.15) is 46.8 Å². The molecule has 0 aliphatic rings. The number of carbonyl (C=O) groups excluding carboxylic acids is 2. The Labute approximate surface area is 265 Å². The molecule has 0 unspecified atom stereocenters. The van der Waals surface area contributed by atoms with Gasteiger partial charge in [-0.25, -0.2) is 9.78 Å². The van der Waals surface area contributed by atoms with Crippen LogP contribution in [0.5, 0.6) is 5.75 Å². The van der Waals surface area contributed by atoms with E-state index in [2.05, 4.69) is 15.6 Å². The van der Waals surface area contributed by atoms with Crippen molar-refractivity contribution in [1.29, 1.82) is 0 Å². The largest absolute Gasteiger partial charge is 0.493 e. The number of aromatic nitrogens is 1. The van der Waals surface area contributed by atoms with Crippen LogP contribution in [0.15, 0.2) is 95.1 Å². The quantitative estimate of drug-likeness (QED) is 0.111. The summed E-state index contributed by atoms with van der Waals surface area (Å²) >= 11 is 0. The van der Waals surface area contributed by atoms with E-state index in [0.29, 0.717) is 36.8 Å². The van der Waals surface area contributed by atoms with Gasteiger partial charge in [-0.3, -0.25) is 4.79 Å². The maximum atomic E-state index is 12.9. The number of nitrogens with one attached hydrogen (secondary N) is 2. The molecule has 46 heavy (non-hydrogen) atoms. The van der Waals surface area contributed by atoms with Crippen LogP contribution in [0.4, 0.5) is 18.0 Å². The van der Waals surface area contributed by atoms with Crippen molar-refractivity contribution in [2.75, 3.05) is 19.8 Å². The number of ketones is 1. The zero-order chi connectivity index (χ0) is 33.1. The molecule has 1 amide bonds. The molecule has 0 saturated heterocycles. The van der Waals surface area contributed by atoms with Crippen LogP contribution in [0.2, 0.25) is 0 Å². The first-order valence-corrected chi connectivity index (χ1v) is 14.8. The lowest BCUT2D eigenvalue weighted by Gasteiger charge is -2.21. The van der Waals surface area contributed by atoms with E-state index in [4.69, 9.17) is 13.9 Å². The molecule has 11 heteroatoms. The van der Waals surface area contributed by atoms with Gasteiger partial charge < -0.3 is 24.5 Å². The van der Waals surface area contributed by atoms with Crippen LogP contribution in [0.25, 0.3) is 11.5 Å². The molecule has 0 aliphatic heterocycles. The normalized spacial score (nSPS) is 12.3. The van der Waals surface area contributed by atoms with Crippen molar-refractivity contribution in [1.82, 2.24) is 15.6 Å². The van der Waals surface area contributed by atoms with Gasteiger partial charge in [0.05, 0.1) is 24.5 Å². The average molecular weight is 636 g/mol. The summed E-state index contributed by atoms with van der Waals surface area (Å²) in [6, 6.07) is 20.9. The molecule has 4 aromatic rings. The van der Waals surface area contributed by atoms with Gasteiger partial charge in [0, 0.05) is 41.9 Å². The molecule has 0 aliphatic carbocycles. The summed E-state index contributed by atoms with van der Waals surface area (Å²) in [5, 5.41) is 5.93. The van der Waals surface area contributed by atoms with Crippen LogP contribution in [0.3, 0.4) is 0 Å². The van der Waals surface area contributed by atoms with Gasteiger partial charge in [-0.2, -0.15) is 13.2 Å². The van der Waals surface area contributed by atoms with E-state index in [0.717, 1.165) is 46.8 Å². The number of alkyl halides is 3. The fourth-order valence-corrected chi connectivity index (χ4v) is 4.67. The summed E-state index contributed by atoms with van der Waals surface area (Å²) in [5.41, 5.74) is 2.47. The van der Waals surface area contributed by atoms with E-state index in [1.54, 1.807) is 13.8 Å². The lowest BCUT2D eigenvalue weighted by Crippen LogP contribution is -2.41. The Morgan fingerprint density at radius 3 is 2.35 bits per heavy atom. The van der Waals surface area contributed by atoms with Crippen molar-refractivity contribution in [3.63, 3.8) is 0 Å². The van der Waals surface area contributed by atoms with E-state index in [-0.39, 0.29) is 24.8 Å². The number of allylic oxidation sites excluding steroid dienone is 2. The second-order valence-corrected chi connectivity index (χ2v) is 10.5. The summed E-state index contributed by atoms with van der Waals surface area (Å²) in [5.74, 6) is 1.56. The summed E-state index contributed by atoms with van der Waals surface area (Å²) in [4.78, 5) is 29.3. The Hall–Kier alpha value is -5.06. The molecule has 242 valence electrons. The molecular formula is C35H36F3N3O5. The maximum absolute atomic E-state index is 12.9. The third-order valence-electron chi connectivity index (χ3n) is 6.97. The molecule has 1 heterocycles. The van der Waals surface area contributed by atoms with E-state index in [1.807, 2.05) is 61.5 Å². The van der Waals surface area contributed by atoms with Crippen molar-refractivity contribution in [2.24, 2.45) is 0 Å². The van der Waals surface area contributed by atoms with Gasteiger partial charge in [-0.1, -0.05) is 42.5 Å². The number of rotatable bonds is 14. The molecular weight excluding hydrogens is 599 g/mol. The van der Waals surface area contributed by atoms with E-state index < -0.39 is 23.6 Å². The van der Waals surface area contributed by atoms with Crippen LogP contribution in [-0.2, 0) is 23.8 Å². The van der Waals surface area contributed by atoms with Gasteiger partial charge in [0.1, 0.15) is 11.5 Å². The highest BCUT2D eigenvalue weighted by Gasteiger charge is 2.30. The summed E-state index contributed by atoms with van der Waals surface area (Å²) in [6.45, 7) is 6.08. The Morgan fingerprint density at radius 2 is 1.70 bits per heavy atom. The van der Waals surface area contributed by atoms with Crippen LogP contribution in [-0.4, -0.2) is 42.7 Å². The van der Waals surface area contributed by atoms with Crippen molar-refractivity contribution in [3.05, 3.63) is 119 Å². The summed E-state index contributed by atoms with van der Waals surface area (Å²) < 4.78 is 55.4. The highest BCUT2D eigenvalue weighted by molar-refractivity contribution is 6.04. The maximum Gasteiger partial charge on any atom is 0.416 e. The first kappa shape index (κ1) is 33.8. The fourth-order valence-electron chi connectivity index (χ4n) is 4.67. The number of carbonyl (C=O) groups is 2. The molecule has 1 atom stereocenters. The first-order chi connectivity index (χ1) is 22.0. The number of amides is 1. The zero-order valence-electron chi connectivity index (χ0n) is 25.8. The zero-order valence-corrected chi connectivity index (χ0v) is 25.8. The molecule has 0 radical (unpaired) electrons. The standard InChI is InChI=1S/C35H36F3N3O5/c1-4-44-34(43)39-22-29(40-23(2)20-32(42)26-12-14-28(15-13-26)35(36,37)38)21-25-10-16-30(17-11-25)45-19-18-31-24(3)46-33(41-31)27-8-6-5-7-9-27/h5-17,20,29,40H,4,18-19,21-22H2,1-3H3,(H,39,43)/b23-20-/t29-/m0/s1. The van der Waals surface area contributed by atoms with Crippen LogP contribution < -0.4 is 15.4 Å². The Kier molecular flexibility index (Phi) is 11.6. The summed E-state index contributed by atoms with van der Waals surface area (Å²) in [7, 11) is 0. The van der Waals surface area contributed by atoms with Crippen molar-refractivity contribution in [2.45, 2.75) is 45.8 Å². The highest BCUT2D eigenvalue weighted by Crippen LogP contribution is 2.29. The number of ether oxygens (including phenoxy) is 2. The van der Waals surface area contributed by atoms with Gasteiger partial charge in [-0.15, -0.1) is 0 Å². The first-order valence-electron chi connectivity index (χ1n) is 14.8. The Bertz CT molecular complexity index is 1620. The van der Waals surface area contributed by atoms with Crippen molar-refractivity contribution >= 4 is 11.9 Å². The molecule has 4 rings (SSSR count). The number of benzene rings is 3. The molecule has 1 aromatic heterocycles. The lowest BCUT2D eigenvalue weighted by molar-refractivity contribution is -0.137. The molecule has 0 fully saturated rings. The second-order valence-electron chi connectivity index (χ2n) is 10.5. The van der Waals surface area contributed by atoms with Gasteiger partial charge in [0.2, 0.25) is 5.89 Å². The number of nitrogens with zero attached hydrogens (tertiary/aromatic N) is 1. The predicted molar refractivity (Wildman–Crippen MR) is 168 cm³/mol. The second kappa shape index (κ2) is 15.8. The van der Waals surface area contributed by atoms with Crippen LogP contribution >= 0.6 is 0 Å². The molecule has 0 saturated carbocycles. The minimum atomic E-state index is -4.48. The van der Waals surface area contributed by atoms with Gasteiger partial charge in [0.15, 0.2) is 5.78 Å². The highest BCUT2D eigenvalue weighted by atomic mass is 19.4. The molecule has 8 nitrogen and oxygen atoms in total. The van der Waals surface area contributed by atoms with E-state index >= 15 is 0 Å². The minimum absolute atomic E-state index is 0.126. The van der Waals surface area contributed by atoms with Crippen molar-refractivity contribution in [3.8, 4) is 17.2 Å². The van der Waals surface area contributed by atoms with E-state index in [9.17, 15) is 22.8 Å². The average Bonchev–Trinajstić information content (AvgIpc) is 3.41. The monoisotopic (exact) mass is 635 g/mol. The lowest BCUT2D eigenvalue weighted by atomic mass is 10.0. The SMILES string of the molecule is CCOC(=O)NC[C@H](Cc1ccc(OCCc2nc(-c3ccccc3)oc2C)cc1)N/C(C)=C\C(=O)c1ccc(C(F)(F)F)cc1. The Morgan fingerprint density at radius 1 is 1.00 bits per heavy atom. The number of hydrogen-bond acceptors (Lipinski definition) is 7. The van der Waals surface area contributed by atoms with Gasteiger partial charge >= 0.3 is 12.3 Å². The number of aryl methyl sites for hydroxylation is 1. The fraction of sp³-hybridized carbons (Fsp3) is 0.286. The third-order valence-corrected chi connectivity index (χ3v) is 6.97. The van der Waals surface area contributed by atoms with E-state index in [1.165, 1.54) is 6.08 Å². The predicted octanol–water partition coefficient (Wildman–Crippen LogP) is 7.32.